The summed E-state index contributed by atoms with van der Waals surface area (Å²) in [5, 5.41) is 0. The van der Waals surface area contributed by atoms with E-state index in [1.54, 1.807) is 0 Å². The molecule has 11 heavy (non-hydrogen) atoms. The molecule has 1 fully saturated rings. The van der Waals surface area contributed by atoms with Crippen molar-refractivity contribution in [1.29, 1.82) is 0 Å². The summed E-state index contributed by atoms with van der Waals surface area (Å²) in [5.41, 5.74) is 0.684. The van der Waals surface area contributed by atoms with Gasteiger partial charge in [-0.1, -0.05) is 13.8 Å². The van der Waals surface area contributed by atoms with Crippen LogP contribution in [0.25, 0.3) is 0 Å². The van der Waals surface area contributed by atoms with Crippen molar-refractivity contribution < 1.29 is 0 Å². The van der Waals surface area contributed by atoms with Crippen molar-refractivity contribution in [3.63, 3.8) is 0 Å². The summed E-state index contributed by atoms with van der Waals surface area (Å²) < 4.78 is 0. The average molecular weight is 155 g/mol. The lowest BCUT2D eigenvalue weighted by Gasteiger charge is -2.44. The topological polar surface area (TPSA) is 3.24 Å². The Hall–Kier alpha value is -0.0400. The van der Waals surface area contributed by atoms with Crippen molar-refractivity contribution in [2.45, 2.75) is 33.1 Å². The van der Waals surface area contributed by atoms with Crippen molar-refractivity contribution in [2.24, 2.45) is 11.3 Å². The van der Waals surface area contributed by atoms with Crippen LogP contribution in [0.15, 0.2) is 0 Å². The number of nitrogens with zero attached hydrogens (tertiary/aromatic N) is 1. The molecule has 1 heteroatoms. The van der Waals surface area contributed by atoms with Gasteiger partial charge < -0.3 is 4.90 Å². The van der Waals surface area contributed by atoms with E-state index in [9.17, 15) is 0 Å². The molecule has 0 aromatic carbocycles. The number of hydrogen-bond donors (Lipinski definition) is 0. The van der Waals surface area contributed by atoms with Gasteiger partial charge in [-0.25, -0.2) is 0 Å². The zero-order chi connectivity index (χ0) is 8.48. The second-order valence-electron chi connectivity index (χ2n) is 4.88. The lowest BCUT2D eigenvalue weighted by Crippen LogP contribution is -2.35. The molecule has 0 saturated heterocycles. The van der Waals surface area contributed by atoms with Crippen molar-refractivity contribution in [2.75, 3.05) is 20.6 Å². The monoisotopic (exact) mass is 155 g/mol. The Kier molecular flexibility index (Phi) is 2.58. The van der Waals surface area contributed by atoms with Crippen LogP contribution in [0.3, 0.4) is 0 Å². The van der Waals surface area contributed by atoms with Gasteiger partial charge in [0.2, 0.25) is 0 Å². The van der Waals surface area contributed by atoms with Crippen molar-refractivity contribution >= 4 is 0 Å². The Morgan fingerprint density at radius 3 is 2.27 bits per heavy atom. The molecule has 0 aromatic rings. The molecule has 1 saturated carbocycles. The zero-order valence-corrected chi connectivity index (χ0v) is 8.35. The lowest BCUT2D eigenvalue weighted by atomic mass is 9.62. The van der Waals surface area contributed by atoms with Crippen LogP contribution in [0.4, 0.5) is 0 Å². The van der Waals surface area contributed by atoms with Gasteiger partial charge in [0, 0.05) is 0 Å². The third-order valence-corrected chi connectivity index (χ3v) is 2.85. The quantitative estimate of drug-likeness (QED) is 0.605. The minimum absolute atomic E-state index is 0.684. The molecule has 0 unspecified atom stereocenters. The van der Waals surface area contributed by atoms with Gasteiger partial charge in [-0.2, -0.15) is 0 Å². The van der Waals surface area contributed by atoms with Crippen LogP contribution < -0.4 is 0 Å². The second-order valence-corrected chi connectivity index (χ2v) is 4.88. The predicted octanol–water partition coefficient (Wildman–Crippen LogP) is 2.37. The molecule has 1 rings (SSSR count). The molecule has 0 N–H and O–H groups in total. The summed E-state index contributed by atoms with van der Waals surface area (Å²) in [5.74, 6) is 0.988. The summed E-state index contributed by atoms with van der Waals surface area (Å²) in [7, 11) is 4.32. The molecule has 0 amide bonds. The molecule has 0 bridgehead atoms. The normalized spacial score (nSPS) is 37.4. The molecule has 1 nitrogen and oxygen atoms in total. The maximum atomic E-state index is 2.43. The summed E-state index contributed by atoms with van der Waals surface area (Å²) in [6.07, 6.45) is 4.27. The highest BCUT2D eigenvalue weighted by atomic mass is 15.0. The Bertz CT molecular complexity index is 123. The van der Waals surface area contributed by atoms with Crippen LogP contribution in [0, 0.1) is 11.3 Å². The Labute approximate surface area is 70.8 Å². The number of hydrogen-bond acceptors (Lipinski definition) is 1. The molecule has 66 valence electrons. The fourth-order valence-electron chi connectivity index (χ4n) is 2.32. The van der Waals surface area contributed by atoms with Crippen molar-refractivity contribution in [3.8, 4) is 0 Å². The lowest BCUT2D eigenvalue weighted by molar-refractivity contribution is 0.0687. The smallest absolute Gasteiger partial charge is 0.00196 e. The fraction of sp³-hybridized carbons (Fsp3) is 1.00. The van der Waals surface area contributed by atoms with E-state index in [1.165, 1.54) is 25.8 Å². The van der Waals surface area contributed by atoms with Crippen molar-refractivity contribution in [3.05, 3.63) is 0 Å². The van der Waals surface area contributed by atoms with Crippen molar-refractivity contribution in [1.82, 2.24) is 4.90 Å². The van der Waals surface area contributed by atoms with E-state index in [2.05, 4.69) is 32.8 Å². The van der Waals surface area contributed by atoms with E-state index < -0.39 is 0 Å². The van der Waals surface area contributed by atoms with Crippen LogP contribution in [0.2, 0.25) is 0 Å². The van der Waals surface area contributed by atoms with E-state index in [4.69, 9.17) is 0 Å². The van der Waals surface area contributed by atoms with Gasteiger partial charge in [0.05, 0.1) is 0 Å². The highest BCUT2D eigenvalue weighted by molar-refractivity contribution is 4.88. The minimum atomic E-state index is 0.684. The Morgan fingerprint density at radius 2 is 1.91 bits per heavy atom. The maximum absolute atomic E-state index is 2.43. The van der Waals surface area contributed by atoms with E-state index in [-0.39, 0.29) is 0 Å². The first-order valence-corrected chi connectivity index (χ1v) is 4.67. The summed E-state index contributed by atoms with van der Waals surface area (Å²) in [4.78, 5) is 2.29. The molecular weight excluding hydrogens is 134 g/mol. The molecule has 0 atom stereocenters. The molecule has 0 spiro atoms. The van der Waals surface area contributed by atoms with Crippen LogP contribution >= 0.6 is 0 Å². The van der Waals surface area contributed by atoms with Gasteiger partial charge in [0.1, 0.15) is 0 Å². The van der Waals surface area contributed by atoms with Gasteiger partial charge in [0.15, 0.2) is 0 Å². The molecule has 1 aliphatic rings. The van der Waals surface area contributed by atoms with E-state index >= 15 is 0 Å². The highest BCUT2D eigenvalue weighted by Gasteiger charge is 2.36. The zero-order valence-electron chi connectivity index (χ0n) is 8.35. The van der Waals surface area contributed by atoms with Crippen LogP contribution in [0.5, 0.6) is 0 Å². The van der Waals surface area contributed by atoms with E-state index in [0.717, 1.165) is 5.92 Å². The largest absolute Gasteiger partial charge is 0.309 e. The Morgan fingerprint density at radius 1 is 1.36 bits per heavy atom. The fourth-order valence-corrected chi connectivity index (χ4v) is 2.32. The third-order valence-electron chi connectivity index (χ3n) is 2.85. The van der Waals surface area contributed by atoms with Crippen LogP contribution in [-0.2, 0) is 0 Å². The molecule has 0 aromatic heterocycles. The average Bonchev–Trinajstić information content (AvgIpc) is 1.81. The number of rotatable bonds is 3. The second kappa shape index (κ2) is 3.14. The van der Waals surface area contributed by atoms with E-state index in [0.29, 0.717) is 5.41 Å². The van der Waals surface area contributed by atoms with Crippen LogP contribution in [0.1, 0.15) is 33.1 Å². The minimum Gasteiger partial charge on any atom is -0.309 e. The van der Waals surface area contributed by atoms with Gasteiger partial charge in [0.25, 0.3) is 0 Å². The molecule has 0 heterocycles. The third kappa shape index (κ3) is 2.48. The maximum Gasteiger partial charge on any atom is -0.00196 e. The van der Waals surface area contributed by atoms with Gasteiger partial charge >= 0.3 is 0 Å². The van der Waals surface area contributed by atoms with Gasteiger partial charge in [-0.15, -0.1) is 0 Å². The molecule has 0 radical (unpaired) electrons. The first kappa shape index (κ1) is 9.05. The standard InChI is InChI=1S/C10H21N/c1-9-7-10(2,8-9)5-6-11(3)4/h9H,5-8H2,1-4H3. The highest BCUT2D eigenvalue weighted by Crippen LogP contribution is 2.47. The Balaban J connectivity index is 2.16. The predicted molar refractivity (Wildman–Crippen MR) is 49.7 cm³/mol. The summed E-state index contributed by atoms with van der Waals surface area (Å²) >= 11 is 0. The van der Waals surface area contributed by atoms with E-state index in [1.807, 2.05) is 0 Å². The first-order chi connectivity index (χ1) is 5.02. The first-order valence-electron chi connectivity index (χ1n) is 4.67. The van der Waals surface area contributed by atoms with Crippen LogP contribution in [-0.4, -0.2) is 25.5 Å². The molecule has 1 aliphatic carbocycles. The SMILES string of the molecule is CC1CC(C)(CCN(C)C)C1. The molecular formula is C10H21N. The van der Waals surface area contributed by atoms with Gasteiger partial charge in [-0.3, -0.25) is 0 Å². The summed E-state index contributed by atoms with van der Waals surface area (Å²) in [6, 6.07) is 0. The summed E-state index contributed by atoms with van der Waals surface area (Å²) in [6.45, 7) is 6.04. The van der Waals surface area contributed by atoms with Gasteiger partial charge in [-0.05, 0) is 51.2 Å². The molecule has 0 aliphatic heterocycles.